The van der Waals surface area contributed by atoms with Gasteiger partial charge >= 0.3 is 0 Å². The maximum atomic E-state index is 5.69. The largest absolute Gasteiger partial charge is 0.376 e. The zero-order valence-electron chi connectivity index (χ0n) is 13.0. The maximum Gasteiger partial charge on any atom is 0.198 e. The molecule has 1 unspecified atom stereocenters. The number of nitrogens with zero attached hydrogens (tertiary/aromatic N) is 2. The van der Waals surface area contributed by atoms with Crippen molar-refractivity contribution in [3.63, 3.8) is 0 Å². The summed E-state index contributed by atoms with van der Waals surface area (Å²) in [5.74, 6) is 1.01. The van der Waals surface area contributed by atoms with Crippen molar-refractivity contribution in [2.45, 2.75) is 38.2 Å². The molecule has 0 aromatic heterocycles. The number of ether oxygens (including phenoxy) is 1. The van der Waals surface area contributed by atoms with Crippen LogP contribution < -0.4 is 5.32 Å². The summed E-state index contributed by atoms with van der Waals surface area (Å²) in [6, 6.07) is 10.3. The standard InChI is InChI=1S/C17H25N3O.HI/c1-3-8-15(9-4-1)19-17(20-11-5-2-6-12-20)18-14-16-10-7-13-21-16;/h1,3-4,8-9,16H,2,5-7,10-14H2,(H,18,19);1H. The highest BCUT2D eigenvalue weighted by atomic mass is 127. The third kappa shape index (κ3) is 5.12. The van der Waals surface area contributed by atoms with E-state index in [1.165, 1.54) is 25.7 Å². The summed E-state index contributed by atoms with van der Waals surface area (Å²) >= 11 is 0. The zero-order valence-corrected chi connectivity index (χ0v) is 15.4. The van der Waals surface area contributed by atoms with Crippen LogP contribution >= 0.6 is 24.0 Å². The highest BCUT2D eigenvalue weighted by Crippen LogP contribution is 2.15. The van der Waals surface area contributed by atoms with Gasteiger partial charge in [0.25, 0.3) is 0 Å². The lowest BCUT2D eigenvalue weighted by Gasteiger charge is -2.30. The van der Waals surface area contributed by atoms with Crippen LogP contribution in [-0.2, 0) is 4.74 Å². The number of hydrogen-bond donors (Lipinski definition) is 1. The molecule has 1 N–H and O–H groups in total. The van der Waals surface area contributed by atoms with E-state index >= 15 is 0 Å². The molecule has 2 heterocycles. The molecular weight excluding hydrogens is 389 g/mol. The van der Waals surface area contributed by atoms with Gasteiger partial charge in [0, 0.05) is 25.4 Å². The molecule has 0 bridgehead atoms. The van der Waals surface area contributed by atoms with E-state index in [1.807, 2.05) is 6.07 Å². The number of anilines is 1. The van der Waals surface area contributed by atoms with Gasteiger partial charge in [0.15, 0.2) is 5.96 Å². The second-order valence-corrected chi connectivity index (χ2v) is 5.84. The Labute approximate surface area is 150 Å². The van der Waals surface area contributed by atoms with Gasteiger partial charge in [-0.3, -0.25) is 4.99 Å². The van der Waals surface area contributed by atoms with Crippen LogP contribution in [-0.4, -0.2) is 43.2 Å². The van der Waals surface area contributed by atoms with Crippen molar-refractivity contribution in [2.75, 3.05) is 31.6 Å². The number of guanidine groups is 1. The fourth-order valence-electron chi connectivity index (χ4n) is 2.95. The highest BCUT2D eigenvalue weighted by molar-refractivity contribution is 14.0. The van der Waals surface area contributed by atoms with E-state index in [2.05, 4.69) is 34.5 Å². The Balaban J connectivity index is 0.00000176. The van der Waals surface area contributed by atoms with Gasteiger partial charge in [-0.15, -0.1) is 24.0 Å². The monoisotopic (exact) mass is 415 g/mol. The van der Waals surface area contributed by atoms with Gasteiger partial charge in [0.05, 0.1) is 12.6 Å². The fraction of sp³-hybridized carbons (Fsp3) is 0.588. The molecule has 4 nitrogen and oxygen atoms in total. The Kier molecular flexibility index (Phi) is 7.45. The van der Waals surface area contributed by atoms with Crippen LogP contribution in [0.1, 0.15) is 32.1 Å². The van der Waals surface area contributed by atoms with Gasteiger partial charge in [-0.2, -0.15) is 0 Å². The average Bonchev–Trinajstić information content (AvgIpc) is 3.07. The third-order valence-electron chi connectivity index (χ3n) is 4.15. The van der Waals surface area contributed by atoms with Crippen molar-refractivity contribution in [3.05, 3.63) is 30.3 Å². The smallest absolute Gasteiger partial charge is 0.198 e. The second kappa shape index (κ2) is 9.35. The molecule has 22 heavy (non-hydrogen) atoms. The minimum atomic E-state index is 0. The molecule has 3 rings (SSSR count). The van der Waals surface area contributed by atoms with Crippen LogP contribution in [0.15, 0.2) is 35.3 Å². The minimum Gasteiger partial charge on any atom is -0.376 e. The Morgan fingerprint density at radius 2 is 1.91 bits per heavy atom. The predicted octanol–water partition coefficient (Wildman–Crippen LogP) is 3.74. The van der Waals surface area contributed by atoms with Crippen molar-refractivity contribution in [1.82, 2.24) is 4.90 Å². The lowest BCUT2D eigenvalue weighted by atomic mass is 10.1. The molecule has 0 saturated carbocycles. The molecule has 1 aromatic carbocycles. The fourth-order valence-corrected chi connectivity index (χ4v) is 2.95. The van der Waals surface area contributed by atoms with Crippen LogP contribution in [0.25, 0.3) is 0 Å². The van der Waals surface area contributed by atoms with E-state index in [9.17, 15) is 0 Å². The SMILES string of the molecule is I.c1ccc(NC(=NCC2CCCO2)N2CCCCC2)cc1. The molecule has 2 aliphatic heterocycles. The molecule has 0 amide bonds. The molecule has 2 saturated heterocycles. The van der Waals surface area contributed by atoms with E-state index in [4.69, 9.17) is 9.73 Å². The lowest BCUT2D eigenvalue weighted by Crippen LogP contribution is -2.40. The lowest BCUT2D eigenvalue weighted by molar-refractivity contribution is 0.117. The van der Waals surface area contributed by atoms with Crippen molar-refractivity contribution < 1.29 is 4.74 Å². The summed E-state index contributed by atoms with van der Waals surface area (Å²) in [4.78, 5) is 7.21. The van der Waals surface area contributed by atoms with Crippen LogP contribution in [0.4, 0.5) is 5.69 Å². The number of para-hydroxylation sites is 1. The molecule has 2 aliphatic rings. The van der Waals surface area contributed by atoms with E-state index in [0.717, 1.165) is 44.3 Å². The molecule has 0 aliphatic carbocycles. The van der Waals surface area contributed by atoms with Crippen molar-refractivity contribution in [2.24, 2.45) is 4.99 Å². The molecule has 0 spiro atoms. The summed E-state index contributed by atoms with van der Waals surface area (Å²) < 4.78 is 5.69. The first-order valence-corrected chi connectivity index (χ1v) is 8.15. The second-order valence-electron chi connectivity index (χ2n) is 5.84. The molecule has 1 atom stereocenters. The number of rotatable bonds is 3. The Bertz CT molecular complexity index is 454. The van der Waals surface area contributed by atoms with Crippen LogP contribution in [0, 0.1) is 0 Å². The van der Waals surface area contributed by atoms with Crippen LogP contribution in [0.3, 0.4) is 0 Å². The Morgan fingerprint density at radius 1 is 1.14 bits per heavy atom. The van der Waals surface area contributed by atoms with Gasteiger partial charge in [-0.25, -0.2) is 0 Å². The summed E-state index contributed by atoms with van der Waals surface area (Å²) in [6.07, 6.45) is 6.47. The van der Waals surface area contributed by atoms with Gasteiger partial charge < -0.3 is 15.0 Å². The Morgan fingerprint density at radius 3 is 2.59 bits per heavy atom. The molecule has 122 valence electrons. The van der Waals surface area contributed by atoms with Gasteiger partial charge in [0.1, 0.15) is 0 Å². The minimum absolute atomic E-state index is 0. The van der Waals surface area contributed by atoms with Crippen LogP contribution in [0.2, 0.25) is 0 Å². The first-order valence-electron chi connectivity index (χ1n) is 8.15. The number of halogens is 1. The van der Waals surface area contributed by atoms with Crippen LogP contribution in [0.5, 0.6) is 0 Å². The molecule has 5 heteroatoms. The highest BCUT2D eigenvalue weighted by Gasteiger charge is 2.18. The quantitative estimate of drug-likeness (QED) is 0.464. The van der Waals surface area contributed by atoms with E-state index in [1.54, 1.807) is 0 Å². The average molecular weight is 415 g/mol. The van der Waals surface area contributed by atoms with E-state index in [-0.39, 0.29) is 24.0 Å². The van der Waals surface area contributed by atoms with Crippen molar-refractivity contribution in [1.29, 1.82) is 0 Å². The third-order valence-corrected chi connectivity index (χ3v) is 4.15. The zero-order chi connectivity index (χ0) is 14.3. The summed E-state index contributed by atoms with van der Waals surface area (Å²) in [5, 5.41) is 3.49. The number of piperidine rings is 1. The first-order chi connectivity index (χ1) is 10.4. The van der Waals surface area contributed by atoms with Gasteiger partial charge in [-0.05, 0) is 44.2 Å². The van der Waals surface area contributed by atoms with Gasteiger partial charge in [0.2, 0.25) is 0 Å². The maximum absolute atomic E-state index is 5.69. The summed E-state index contributed by atoms with van der Waals surface area (Å²) in [6.45, 7) is 3.87. The molecule has 0 radical (unpaired) electrons. The van der Waals surface area contributed by atoms with Crippen molar-refractivity contribution in [3.8, 4) is 0 Å². The normalized spacial score (nSPS) is 22.3. The van der Waals surface area contributed by atoms with Crippen molar-refractivity contribution >= 4 is 35.6 Å². The number of benzene rings is 1. The number of aliphatic imine (C=N–C) groups is 1. The topological polar surface area (TPSA) is 36.9 Å². The molecular formula is C17H26IN3O. The first kappa shape index (κ1) is 17.5. The molecule has 1 aromatic rings. The number of hydrogen-bond acceptors (Lipinski definition) is 2. The van der Waals surface area contributed by atoms with Gasteiger partial charge in [-0.1, -0.05) is 18.2 Å². The summed E-state index contributed by atoms with van der Waals surface area (Å²) in [7, 11) is 0. The summed E-state index contributed by atoms with van der Waals surface area (Å²) in [5.41, 5.74) is 1.11. The van der Waals surface area contributed by atoms with E-state index < -0.39 is 0 Å². The Hall–Kier alpha value is -0.820. The number of nitrogens with one attached hydrogen (secondary N) is 1. The molecule has 2 fully saturated rings. The number of likely N-dealkylation sites (tertiary alicyclic amines) is 1. The van der Waals surface area contributed by atoms with E-state index in [0.29, 0.717) is 6.10 Å². The predicted molar refractivity (Wildman–Crippen MR) is 102 cm³/mol.